The Bertz CT molecular complexity index is 1480. The van der Waals surface area contributed by atoms with Gasteiger partial charge in [-0.2, -0.15) is 4.98 Å². The van der Waals surface area contributed by atoms with Gasteiger partial charge < -0.3 is 9.47 Å². The number of nitrogens with zero attached hydrogens (tertiary/aromatic N) is 5. The van der Waals surface area contributed by atoms with Crippen molar-refractivity contribution in [3.63, 3.8) is 0 Å². The molecule has 0 radical (unpaired) electrons. The van der Waals surface area contributed by atoms with E-state index in [1.54, 1.807) is 11.5 Å². The Kier molecular flexibility index (Phi) is 4.72. The fraction of sp³-hybridized carbons (Fsp3) is 0.333. The van der Waals surface area contributed by atoms with Crippen LogP contribution in [0.2, 0.25) is 0 Å². The van der Waals surface area contributed by atoms with Crippen molar-refractivity contribution in [1.82, 2.24) is 23.1 Å². The van der Waals surface area contributed by atoms with Gasteiger partial charge in [-0.3, -0.25) is 23.1 Å². The van der Waals surface area contributed by atoms with Crippen molar-refractivity contribution in [1.29, 1.82) is 0 Å². The van der Waals surface area contributed by atoms with E-state index in [-0.39, 0.29) is 11.2 Å². The summed E-state index contributed by atoms with van der Waals surface area (Å²) in [6, 6.07) is 5.79. The number of imidazole rings is 2. The molecule has 0 aliphatic rings. The van der Waals surface area contributed by atoms with Gasteiger partial charge in [0.05, 0.1) is 19.9 Å². The third-order valence-corrected chi connectivity index (χ3v) is 5.61. The molecule has 0 aliphatic carbocycles. The first-order chi connectivity index (χ1) is 14.7. The maximum absolute atomic E-state index is 13.3. The first kappa shape index (κ1) is 20.5. The second kappa shape index (κ2) is 7.15. The number of ether oxygens (including phenoxy) is 2. The van der Waals surface area contributed by atoms with Crippen LogP contribution in [0.3, 0.4) is 0 Å². The van der Waals surface area contributed by atoms with Crippen LogP contribution in [-0.2, 0) is 23.1 Å². The highest BCUT2D eigenvalue weighted by Crippen LogP contribution is 2.30. The monoisotopic (exact) mass is 425 g/mol. The summed E-state index contributed by atoms with van der Waals surface area (Å²) >= 11 is 0. The molecule has 1 aromatic carbocycles. The fourth-order valence-electron chi connectivity index (χ4n) is 3.85. The number of fused-ring (bicyclic) bond motifs is 3. The molecule has 0 amide bonds. The van der Waals surface area contributed by atoms with Gasteiger partial charge in [0.25, 0.3) is 5.56 Å². The summed E-state index contributed by atoms with van der Waals surface area (Å²) in [5.41, 5.74) is 2.64. The van der Waals surface area contributed by atoms with E-state index in [1.807, 2.05) is 43.5 Å². The predicted molar refractivity (Wildman–Crippen MR) is 114 cm³/mol. The summed E-state index contributed by atoms with van der Waals surface area (Å²) in [5.74, 6) is 0.432. The predicted octanol–water partition coefficient (Wildman–Crippen LogP) is 1.25. The Morgan fingerprint density at radius 2 is 1.81 bits per heavy atom. The van der Waals surface area contributed by atoms with Crippen LogP contribution in [0.4, 0.5) is 0 Å². The first-order valence-electron chi connectivity index (χ1n) is 9.63. The minimum absolute atomic E-state index is 0.215. The minimum Gasteiger partial charge on any atom is -0.495 e. The molecule has 4 rings (SSSR count). The third kappa shape index (κ3) is 2.86. The van der Waals surface area contributed by atoms with Gasteiger partial charge in [-0.15, -0.1) is 0 Å². The summed E-state index contributed by atoms with van der Waals surface area (Å²) in [4.78, 5) is 42.4. The molecule has 10 heteroatoms. The summed E-state index contributed by atoms with van der Waals surface area (Å²) in [7, 11) is 4.31. The number of carbonyl (C=O) groups is 1. The second-order valence-corrected chi connectivity index (χ2v) is 7.41. The largest absolute Gasteiger partial charge is 0.495 e. The number of rotatable bonds is 4. The third-order valence-electron chi connectivity index (χ3n) is 5.61. The van der Waals surface area contributed by atoms with Crippen LogP contribution >= 0.6 is 0 Å². The van der Waals surface area contributed by atoms with Gasteiger partial charge in [0.15, 0.2) is 11.2 Å². The molecule has 31 heavy (non-hydrogen) atoms. The van der Waals surface area contributed by atoms with Gasteiger partial charge in [-0.05, 0) is 38.5 Å². The van der Waals surface area contributed by atoms with E-state index < -0.39 is 23.8 Å². The standard InChI is InChI=1S/C21H23N5O5/c1-11-7-8-15(30-5)14(9-11)25-12(2)13(3)26-17-18(22-20(25)26)23(4)21(29)24(19(17)28)10-16(27)31-6/h7-9H,10H2,1-6H3. The highest BCUT2D eigenvalue weighted by molar-refractivity contribution is 5.78. The Labute approximate surface area is 176 Å². The van der Waals surface area contributed by atoms with E-state index in [9.17, 15) is 14.4 Å². The minimum atomic E-state index is -0.686. The molecule has 0 N–H and O–H groups in total. The second-order valence-electron chi connectivity index (χ2n) is 7.41. The van der Waals surface area contributed by atoms with E-state index in [1.165, 1.54) is 18.7 Å². The number of esters is 1. The zero-order valence-electron chi connectivity index (χ0n) is 18.2. The van der Waals surface area contributed by atoms with Crippen LogP contribution in [0.25, 0.3) is 22.6 Å². The van der Waals surface area contributed by atoms with Gasteiger partial charge in [0, 0.05) is 18.4 Å². The Morgan fingerprint density at radius 3 is 2.45 bits per heavy atom. The maximum atomic E-state index is 13.3. The summed E-state index contributed by atoms with van der Waals surface area (Å²) in [6.07, 6.45) is 0. The molecule has 0 unspecified atom stereocenters. The van der Waals surface area contributed by atoms with Crippen LogP contribution in [0, 0.1) is 20.8 Å². The number of hydrogen-bond acceptors (Lipinski definition) is 6. The van der Waals surface area contributed by atoms with Crippen LogP contribution in [-0.4, -0.2) is 43.3 Å². The molecule has 0 spiro atoms. The highest BCUT2D eigenvalue weighted by Gasteiger charge is 2.25. The number of aryl methyl sites for hydroxylation is 3. The lowest BCUT2D eigenvalue weighted by molar-refractivity contribution is -0.141. The number of hydrogen-bond donors (Lipinski definition) is 0. The Hall–Kier alpha value is -3.82. The molecule has 0 bridgehead atoms. The lowest BCUT2D eigenvalue weighted by atomic mass is 10.2. The molecule has 4 aromatic rings. The molecule has 10 nitrogen and oxygen atoms in total. The van der Waals surface area contributed by atoms with E-state index in [0.717, 1.165) is 27.2 Å². The fourth-order valence-corrected chi connectivity index (χ4v) is 3.85. The molecular formula is C21H23N5O5. The number of carbonyl (C=O) groups excluding carboxylic acids is 1. The van der Waals surface area contributed by atoms with Crippen molar-refractivity contribution in [3.05, 3.63) is 56.0 Å². The van der Waals surface area contributed by atoms with E-state index in [2.05, 4.69) is 9.72 Å². The average molecular weight is 425 g/mol. The molecular weight excluding hydrogens is 402 g/mol. The molecule has 0 fully saturated rings. The Morgan fingerprint density at radius 1 is 1.10 bits per heavy atom. The summed E-state index contributed by atoms with van der Waals surface area (Å²) in [5, 5.41) is 0. The smallest absolute Gasteiger partial charge is 0.333 e. The highest BCUT2D eigenvalue weighted by atomic mass is 16.5. The molecule has 0 aliphatic heterocycles. The van der Waals surface area contributed by atoms with Crippen LogP contribution in [0.15, 0.2) is 27.8 Å². The summed E-state index contributed by atoms with van der Waals surface area (Å²) in [6.45, 7) is 5.29. The van der Waals surface area contributed by atoms with E-state index in [0.29, 0.717) is 11.5 Å². The van der Waals surface area contributed by atoms with Crippen molar-refractivity contribution in [2.75, 3.05) is 14.2 Å². The van der Waals surface area contributed by atoms with Crippen molar-refractivity contribution < 1.29 is 14.3 Å². The topological polar surface area (TPSA) is 102 Å². The normalized spacial score (nSPS) is 11.4. The molecule has 3 heterocycles. The van der Waals surface area contributed by atoms with E-state index in [4.69, 9.17) is 4.74 Å². The van der Waals surface area contributed by atoms with Gasteiger partial charge in [0.2, 0.25) is 5.78 Å². The molecule has 0 atom stereocenters. The zero-order valence-corrected chi connectivity index (χ0v) is 18.2. The van der Waals surface area contributed by atoms with Crippen LogP contribution in [0.1, 0.15) is 17.0 Å². The van der Waals surface area contributed by atoms with Gasteiger partial charge in [-0.1, -0.05) is 6.07 Å². The van der Waals surface area contributed by atoms with Gasteiger partial charge in [-0.25, -0.2) is 9.36 Å². The Balaban J connectivity index is 2.17. The van der Waals surface area contributed by atoms with Crippen molar-refractivity contribution in [2.45, 2.75) is 27.3 Å². The first-order valence-corrected chi connectivity index (χ1v) is 9.63. The number of aromatic nitrogens is 5. The molecule has 0 saturated heterocycles. The molecule has 0 saturated carbocycles. The van der Waals surface area contributed by atoms with Crippen LogP contribution in [0.5, 0.6) is 5.75 Å². The lowest BCUT2D eigenvalue weighted by Gasteiger charge is -2.12. The molecule has 162 valence electrons. The molecule has 3 aromatic heterocycles. The number of methoxy groups -OCH3 is 2. The quantitative estimate of drug-likeness (QED) is 0.456. The average Bonchev–Trinajstić information content (AvgIpc) is 3.25. The van der Waals surface area contributed by atoms with Crippen LogP contribution < -0.4 is 16.0 Å². The zero-order chi connectivity index (χ0) is 22.6. The van der Waals surface area contributed by atoms with Crippen molar-refractivity contribution in [3.8, 4) is 11.4 Å². The van der Waals surface area contributed by atoms with E-state index >= 15 is 0 Å². The van der Waals surface area contributed by atoms with Crippen molar-refractivity contribution >= 4 is 22.9 Å². The van der Waals surface area contributed by atoms with Gasteiger partial charge >= 0.3 is 11.7 Å². The lowest BCUT2D eigenvalue weighted by Crippen LogP contribution is -2.41. The maximum Gasteiger partial charge on any atom is 0.333 e. The summed E-state index contributed by atoms with van der Waals surface area (Å²) < 4.78 is 15.9. The van der Waals surface area contributed by atoms with Crippen molar-refractivity contribution in [2.24, 2.45) is 7.05 Å². The number of benzene rings is 1. The SMILES string of the molecule is COC(=O)Cn1c(=O)c2c(nc3n(-c4cc(C)ccc4OC)c(C)c(C)n23)n(C)c1=O. The van der Waals surface area contributed by atoms with Gasteiger partial charge in [0.1, 0.15) is 12.3 Å².